The van der Waals surface area contributed by atoms with Crippen LogP contribution in [0, 0.1) is 6.92 Å². The normalized spacial score (nSPS) is 21.7. The first kappa shape index (κ1) is 7.39. The molecular weight excluding hydrogens is 161 g/mol. The van der Waals surface area contributed by atoms with Gasteiger partial charge in [0.2, 0.25) is 5.88 Å². The number of ether oxygens (including phenoxy) is 1. The van der Waals surface area contributed by atoms with Gasteiger partial charge in [0.05, 0.1) is 12.2 Å². The van der Waals surface area contributed by atoms with E-state index >= 15 is 0 Å². The first-order valence-corrected chi connectivity index (χ1v) is 3.78. The minimum Gasteiger partial charge on any atom is -0.473 e. The minimum absolute atomic E-state index is 0.0787. The van der Waals surface area contributed by atoms with Gasteiger partial charge in [-0.2, -0.15) is 5.10 Å². The molecule has 0 bridgehead atoms. The number of anilines is 1. The topological polar surface area (TPSA) is 53.1 Å². The van der Waals surface area contributed by atoms with Gasteiger partial charge in [0.25, 0.3) is 0 Å². The Morgan fingerprint density at radius 2 is 2.50 bits per heavy atom. The Morgan fingerprint density at radius 1 is 1.75 bits per heavy atom. The zero-order chi connectivity index (χ0) is 8.72. The third-order valence-corrected chi connectivity index (χ3v) is 1.90. The average Bonchev–Trinajstić information content (AvgIpc) is 2.28. The summed E-state index contributed by atoms with van der Waals surface area (Å²) in [5, 5.41) is 4.03. The minimum atomic E-state index is -0.976. The van der Waals surface area contributed by atoms with Crippen molar-refractivity contribution < 1.29 is 9.13 Å². The van der Waals surface area contributed by atoms with E-state index in [2.05, 4.69) is 5.10 Å². The van der Waals surface area contributed by atoms with Crippen LogP contribution >= 0.6 is 0 Å². The third kappa shape index (κ3) is 0.929. The van der Waals surface area contributed by atoms with E-state index in [9.17, 15) is 4.39 Å². The van der Waals surface area contributed by atoms with Crippen molar-refractivity contribution >= 4 is 5.69 Å². The molecule has 0 amide bonds. The van der Waals surface area contributed by atoms with Crippen molar-refractivity contribution in [2.75, 3.05) is 12.3 Å². The average molecular weight is 171 g/mol. The zero-order valence-corrected chi connectivity index (χ0v) is 6.75. The van der Waals surface area contributed by atoms with Crippen LogP contribution in [0.5, 0.6) is 5.88 Å². The lowest BCUT2D eigenvalue weighted by atomic mass is 10.3. The third-order valence-electron chi connectivity index (χ3n) is 1.90. The monoisotopic (exact) mass is 171 g/mol. The van der Waals surface area contributed by atoms with Gasteiger partial charge in [-0.15, -0.1) is 0 Å². The van der Waals surface area contributed by atoms with Crippen molar-refractivity contribution in [2.45, 2.75) is 19.6 Å². The molecule has 4 nitrogen and oxygen atoms in total. The van der Waals surface area contributed by atoms with Crippen molar-refractivity contribution in [1.29, 1.82) is 0 Å². The molecule has 1 atom stereocenters. The first-order valence-electron chi connectivity index (χ1n) is 3.78. The molecule has 2 N–H and O–H groups in total. The molecule has 0 spiro atoms. The number of nitrogen functional groups attached to an aromatic ring is 1. The molecule has 12 heavy (non-hydrogen) atoms. The van der Waals surface area contributed by atoms with Crippen molar-refractivity contribution in [2.24, 2.45) is 0 Å². The van der Waals surface area contributed by atoms with E-state index in [4.69, 9.17) is 10.5 Å². The molecule has 0 unspecified atom stereocenters. The van der Waals surface area contributed by atoms with Crippen molar-refractivity contribution in [3.05, 3.63) is 5.69 Å². The van der Waals surface area contributed by atoms with Crippen molar-refractivity contribution in [1.82, 2.24) is 9.78 Å². The molecule has 0 fully saturated rings. The maximum absolute atomic E-state index is 12.8. The van der Waals surface area contributed by atoms with Gasteiger partial charge in [0.1, 0.15) is 12.3 Å². The number of alkyl halides is 1. The second-order valence-corrected chi connectivity index (χ2v) is 2.89. The number of nitrogens with two attached hydrogens (primary N) is 1. The van der Waals surface area contributed by atoms with Gasteiger partial charge >= 0.3 is 0 Å². The Hall–Kier alpha value is -1.26. The van der Waals surface area contributed by atoms with E-state index in [1.807, 2.05) is 0 Å². The molecule has 0 aliphatic carbocycles. The van der Waals surface area contributed by atoms with Crippen LogP contribution in [0.3, 0.4) is 0 Å². The summed E-state index contributed by atoms with van der Waals surface area (Å²) in [6.07, 6.45) is -0.976. The Bertz CT molecular complexity index is 310. The van der Waals surface area contributed by atoms with Crippen LogP contribution in [-0.4, -0.2) is 22.6 Å². The Morgan fingerprint density at radius 3 is 3.25 bits per heavy atom. The molecular formula is C7H10FN3O. The fourth-order valence-electron chi connectivity index (χ4n) is 1.26. The molecule has 1 aliphatic heterocycles. The van der Waals surface area contributed by atoms with Gasteiger partial charge in [-0.1, -0.05) is 0 Å². The highest BCUT2D eigenvalue weighted by atomic mass is 19.1. The van der Waals surface area contributed by atoms with Crippen LogP contribution in [0.15, 0.2) is 0 Å². The Labute approximate surface area is 69.1 Å². The summed E-state index contributed by atoms with van der Waals surface area (Å²) >= 11 is 0. The summed E-state index contributed by atoms with van der Waals surface area (Å²) in [5.74, 6) is 0.501. The highest BCUT2D eigenvalue weighted by Gasteiger charge is 2.23. The predicted molar refractivity (Wildman–Crippen MR) is 41.8 cm³/mol. The van der Waals surface area contributed by atoms with Crippen LogP contribution < -0.4 is 10.5 Å². The van der Waals surface area contributed by atoms with Gasteiger partial charge in [-0.25, -0.2) is 9.07 Å². The zero-order valence-electron chi connectivity index (χ0n) is 6.75. The van der Waals surface area contributed by atoms with Gasteiger partial charge in [0, 0.05) is 0 Å². The second kappa shape index (κ2) is 2.36. The van der Waals surface area contributed by atoms with Crippen molar-refractivity contribution in [3.8, 4) is 5.88 Å². The number of halogens is 1. The van der Waals surface area contributed by atoms with Crippen LogP contribution in [0.1, 0.15) is 5.69 Å². The number of fused-ring (bicyclic) bond motifs is 1. The lowest BCUT2D eigenvalue weighted by Crippen LogP contribution is -2.27. The number of aromatic nitrogens is 2. The highest BCUT2D eigenvalue weighted by Crippen LogP contribution is 2.28. The molecule has 0 aromatic carbocycles. The van der Waals surface area contributed by atoms with E-state index in [1.165, 1.54) is 4.68 Å². The lowest BCUT2D eigenvalue weighted by molar-refractivity contribution is 0.126. The molecule has 2 heterocycles. The number of hydrogen-bond acceptors (Lipinski definition) is 3. The summed E-state index contributed by atoms with van der Waals surface area (Å²) in [6.45, 7) is 2.10. The molecule has 1 aromatic heterocycles. The molecule has 66 valence electrons. The fraction of sp³-hybridized carbons (Fsp3) is 0.571. The maximum atomic E-state index is 12.8. The number of hydrogen-bond donors (Lipinski definition) is 1. The molecule has 5 heteroatoms. The van der Waals surface area contributed by atoms with Crippen molar-refractivity contribution in [3.63, 3.8) is 0 Å². The maximum Gasteiger partial charge on any atom is 0.236 e. The molecule has 1 aromatic rings. The summed E-state index contributed by atoms with van der Waals surface area (Å²) in [5.41, 5.74) is 6.85. The van der Waals surface area contributed by atoms with Gasteiger partial charge in [-0.05, 0) is 6.92 Å². The lowest BCUT2D eigenvalue weighted by Gasteiger charge is -2.18. The van der Waals surface area contributed by atoms with Crippen LogP contribution in [-0.2, 0) is 6.54 Å². The highest BCUT2D eigenvalue weighted by molar-refractivity contribution is 5.52. The standard InChI is InChI=1S/C7H10FN3O/c1-4-6(9)7-11(10-4)2-5(8)3-12-7/h5H,2-3,9H2,1H3/t5-/m1/s1. The molecule has 0 saturated heterocycles. The summed E-state index contributed by atoms with van der Waals surface area (Å²) in [6, 6.07) is 0. The molecule has 2 rings (SSSR count). The smallest absolute Gasteiger partial charge is 0.236 e. The van der Waals surface area contributed by atoms with E-state index in [0.717, 1.165) is 0 Å². The predicted octanol–water partition coefficient (Wildman–Crippen LogP) is 0.504. The first-order chi connectivity index (χ1) is 5.68. The van der Waals surface area contributed by atoms with E-state index in [0.29, 0.717) is 17.3 Å². The fourth-order valence-corrected chi connectivity index (χ4v) is 1.26. The Kier molecular flexibility index (Phi) is 1.46. The van der Waals surface area contributed by atoms with E-state index < -0.39 is 6.17 Å². The van der Waals surface area contributed by atoms with Gasteiger partial charge in [-0.3, -0.25) is 0 Å². The second-order valence-electron chi connectivity index (χ2n) is 2.89. The van der Waals surface area contributed by atoms with E-state index in [1.54, 1.807) is 6.92 Å². The number of nitrogens with zero attached hydrogens (tertiary/aromatic N) is 2. The van der Waals surface area contributed by atoms with Gasteiger partial charge in [0.15, 0.2) is 6.17 Å². The molecule has 1 aliphatic rings. The van der Waals surface area contributed by atoms with E-state index in [-0.39, 0.29) is 13.2 Å². The van der Waals surface area contributed by atoms with Crippen LogP contribution in [0.25, 0.3) is 0 Å². The quantitative estimate of drug-likeness (QED) is 0.618. The van der Waals surface area contributed by atoms with Crippen LogP contribution in [0.4, 0.5) is 10.1 Å². The summed E-state index contributed by atoms with van der Waals surface area (Å²) in [4.78, 5) is 0. The largest absolute Gasteiger partial charge is 0.473 e. The SMILES string of the molecule is Cc1nn2c(c1N)OC[C@H](F)C2. The van der Waals surface area contributed by atoms with Crippen LogP contribution in [0.2, 0.25) is 0 Å². The molecule has 0 radical (unpaired) electrons. The van der Waals surface area contributed by atoms with Gasteiger partial charge < -0.3 is 10.5 Å². The Balaban J connectivity index is 2.43. The summed E-state index contributed by atoms with van der Waals surface area (Å²) in [7, 11) is 0. The molecule has 0 saturated carbocycles. The number of rotatable bonds is 0. The number of aryl methyl sites for hydroxylation is 1. The summed E-state index contributed by atoms with van der Waals surface area (Å²) < 4.78 is 19.3.